The van der Waals surface area contributed by atoms with Crippen LogP contribution in [0.25, 0.3) is 0 Å². The van der Waals surface area contributed by atoms with Crippen LogP contribution in [0.1, 0.15) is 44.7 Å². The Morgan fingerprint density at radius 1 is 1.42 bits per heavy atom. The molecule has 2 atom stereocenters. The third-order valence-corrected chi connectivity index (χ3v) is 5.08. The number of carbonyl (C=O) groups excluding carboxylic acids is 2. The summed E-state index contributed by atoms with van der Waals surface area (Å²) in [6.07, 6.45) is 2.34. The molecular formula is C19H28N2O3. The van der Waals surface area contributed by atoms with E-state index in [9.17, 15) is 9.59 Å². The molecule has 0 spiro atoms. The van der Waals surface area contributed by atoms with E-state index in [0.29, 0.717) is 6.54 Å². The van der Waals surface area contributed by atoms with Gasteiger partial charge in [-0.15, -0.1) is 0 Å². The summed E-state index contributed by atoms with van der Waals surface area (Å²) in [6, 6.07) is 7.72. The molecule has 1 fully saturated rings. The summed E-state index contributed by atoms with van der Waals surface area (Å²) in [6.45, 7) is 8.37. The van der Waals surface area contributed by atoms with Crippen LogP contribution in [-0.2, 0) is 16.0 Å². The first-order valence-electron chi connectivity index (χ1n) is 8.59. The van der Waals surface area contributed by atoms with Crippen LogP contribution in [-0.4, -0.2) is 34.5 Å². The summed E-state index contributed by atoms with van der Waals surface area (Å²) in [5, 5.41) is 8.97. The maximum atomic E-state index is 12.9. The molecular weight excluding hydrogens is 304 g/mol. The van der Waals surface area contributed by atoms with Crippen LogP contribution in [0.4, 0.5) is 0 Å². The Morgan fingerprint density at radius 2 is 2.12 bits per heavy atom. The number of nitrogens with zero attached hydrogens (tertiary/aromatic N) is 1. The molecule has 5 heteroatoms. The van der Waals surface area contributed by atoms with Crippen LogP contribution >= 0.6 is 0 Å². The monoisotopic (exact) mass is 332 g/mol. The second kappa shape index (κ2) is 7.34. The molecule has 132 valence electrons. The highest BCUT2D eigenvalue weighted by molar-refractivity contribution is 5.91. The van der Waals surface area contributed by atoms with Gasteiger partial charge in [0, 0.05) is 12.0 Å². The average molecular weight is 332 g/mol. The molecule has 1 aromatic carbocycles. The normalized spacial score (nSPS) is 22.1. The fourth-order valence-corrected chi connectivity index (χ4v) is 3.58. The van der Waals surface area contributed by atoms with Gasteiger partial charge in [0.05, 0.1) is 0 Å². The first kappa shape index (κ1) is 18.5. The highest BCUT2D eigenvalue weighted by Crippen LogP contribution is 2.38. The van der Waals surface area contributed by atoms with E-state index in [4.69, 9.17) is 5.21 Å². The molecule has 0 saturated carbocycles. The van der Waals surface area contributed by atoms with Crippen LogP contribution in [0.3, 0.4) is 0 Å². The van der Waals surface area contributed by atoms with Crippen molar-refractivity contribution in [2.24, 2.45) is 11.3 Å². The molecule has 0 aliphatic carbocycles. The summed E-state index contributed by atoms with van der Waals surface area (Å²) in [7, 11) is 0. The molecule has 2 rings (SSSR count). The van der Waals surface area contributed by atoms with Crippen molar-refractivity contribution in [3.05, 3.63) is 35.4 Å². The van der Waals surface area contributed by atoms with Crippen molar-refractivity contribution in [2.45, 2.75) is 53.0 Å². The summed E-state index contributed by atoms with van der Waals surface area (Å²) in [5.41, 5.74) is 3.70. The van der Waals surface area contributed by atoms with Crippen LogP contribution in [0.5, 0.6) is 0 Å². The van der Waals surface area contributed by atoms with Crippen molar-refractivity contribution in [1.82, 2.24) is 10.4 Å². The van der Waals surface area contributed by atoms with E-state index in [-0.39, 0.29) is 11.8 Å². The smallest absolute Gasteiger partial charge is 0.266 e. The van der Waals surface area contributed by atoms with Gasteiger partial charge in [-0.2, -0.15) is 0 Å². The zero-order chi connectivity index (χ0) is 17.9. The molecule has 0 aromatic heterocycles. The highest BCUT2D eigenvalue weighted by Gasteiger charge is 2.46. The summed E-state index contributed by atoms with van der Waals surface area (Å²) < 4.78 is 0. The standard InChI is InChI=1S/C19H28N2O3/c1-13(2)16(17(22)20-24)21-11-10-19(4,18(21)23)9-8-15-7-5-6-14(3)12-15/h5-7,12-13,16,24H,8-11H2,1-4H3,(H,20,22)/t16-,19?/m1/s1. The Morgan fingerprint density at radius 3 is 2.71 bits per heavy atom. The summed E-state index contributed by atoms with van der Waals surface area (Å²) >= 11 is 0. The van der Waals surface area contributed by atoms with E-state index in [1.165, 1.54) is 11.1 Å². The number of hydroxylamine groups is 1. The van der Waals surface area contributed by atoms with E-state index < -0.39 is 17.4 Å². The number of rotatable bonds is 6. The minimum absolute atomic E-state index is 0.0115. The van der Waals surface area contributed by atoms with Gasteiger partial charge in [0.1, 0.15) is 6.04 Å². The molecule has 1 saturated heterocycles. The average Bonchev–Trinajstić information content (AvgIpc) is 2.82. The van der Waals surface area contributed by atoms with Gasteiger partial charge in [0.15, 0.2) is 0 Å². The molecule has 1 aromatic rings. The van der Waals surface area contributed by atoms with Gasteiger partial charge >= 0.3 is 0 Å². The van der Waals surface area contributed by atoms with Gasteiger partial charge < -0.3 is 4.90 Å². The van der Waals surface area contributed by atoms with Crippen LogP contribution in [0.15, 0.2) is 24.3 Å². The zero-order valence-electron chi connectivity index (χ0n) is 15.0. The van der Waals surface area contributed by atoms with Crippen molar-refractivity contribution in [1.29, 1.82) is 0 Å². The molecule has 1 heterocycles. The fraction of sp³-hybridized carbons (Fsp3) is 0.579. The van der Waals surface area contributed by atoms with E-state index in [0.717, 1.165) is 19.3 Å². The fourth-order valence-electron chi connectivity index (χ4n) is 3.58. The van der Waals surface area contributed by atoms with Crippen molar-refractivity contribution in [2.75, 3.05) is 6.54 Å². The Bertz CT molecular complexity index is 614. The first-order chi connectivity index (χ1) is 11.3. The largest absolute Gasteiger partial charge is 0.330 e. The van der Waals surface area contributed by atoms with Gasteiger partial charge in [-0.05, 0) is 37.7 Å². The molecule has 0 radical (unpaired) electrons. The Kier molecular flexibility index (Phi) is 5.65. The summed E-state index contributed by atoms with van der Waals surface area (Å²) in [5.74, 6) is -0.557. The van der Waals surface area contributed by atoms with E-state index in [1.807, 2.05) is 26.8 Å². The van der Waals surface area contributed by atoms with Gasteiger partial charge in [-0.1, -0.05) is 50.6 Å². The SMILES string of the molecule is Cc1cccc(CCC2(C)CCN([C@@H](C(=O)NO)C(C)C)C2=O)c1. The van der Waals surface area contributed by atoms with Crippen molar-refractivity contribution in [3.8, 4) is 0 Å². The topological polar surface area (TPSA) is 69.6 Å². The zero-order valence-corrected chi connectivity index (χ0v) is 15.0. The lowest BCUT2D eigenvalue weighted by Gasteiger charge is -2.31. The summed E-state index contributed by atoms with van der Waals surface area (Å²) in [4.78, 5) is 26.5. The van der Waals surface area contributed by atoms with Crippen molar-refractivity contribution < 1.29 is 14.8 Å². The molecule has 1 aliphatic rings. The second-order valence-corrected chi connectivity index (χ2v) is 7.46. The van der Waals surface area contributed by atoms with Gasteiger partial charge in [-0.3, -0.25) is 14.8 Å². The number of hydrogen-bond donors (Lipinski definition) is 2. The number of benzene rings is 1. The van der Waals surface area contributed by atoms with Crippen molar-refractivity contribution in [3.63, 3.8) is 0 Å². The maximum Gasteiger partial charge on any atom is 0.266 e. The predicted molar refractivity (Wildman–Crippen MR) is 92.5 cm³/mol. The molecule has 2 N–H and O–H groups in total. The van der Waals surface area contributed by atoms with Gasteiger partial charge in [-0.25, -0.2) is 5.48 Å². The first-order valence-corrected chi connectivity index (χ1v) is 8.59. The maximum absolute atomic E-state index is 12.9. The number of hydrogen-bond acceptors (Lipinski definition) is 3. The lowest BCUT2D eigenvalue weighted by Crippen LogP contribution is -2.51. The molecule has 1 aliphatic heterocycles. The Labute approximate surface area is 144 Å². The molecule has 0 bridgehead atoms. The molecule has 24 heavy (non-hydrogen) atoms. The molecule has 1 unspecified atom stereocenters. The number of likely N-dealkylation sites (tertiary alicyclic amines) is 1. The number of carbonyl (C=O) groups is 2. The van der Waals surface area contributed by atoms with Gasteiger partial charge in [0.2, 0.25) is 5.91 Å². The number of nitrogens with one attached hydrogen (secondary N) is 1. The minimum Gasteiger partial charge on any atom is -0.330 e. The van der Waals surface area contributed by atoms with E-state index >= 15 is 0 Å². The van der Waals surface area contributed by atoms with Crippen LogP contribution < -0.4 is 5.48 Å². The minimum atomic E-state index is -0.622. The third-order valence-electron chi connectivity index (χ3n) is 5.08. The third kappa shape index (κ3) is 3.78. The van der Waals surface area contributed by atoms with Crippen LogP contribution in [0.2, 0.25) is 0 Å². The molecule has 2 amide bonds. The number of aryl methyl sites for hydroxylation is 2. The lowest BCUT2D eigenvalue weighted by atomic mass is 9.82. The highest BCUT2D eigenvalue weighted by atomic mass is 16.5. The second-order valence-electron chi connectivity index (χ2n) is 7.46. The predicted octanol–water partition coefficient (Wildman–Crippen LogP) is 2.70. The number of amides is 2. The Balaban J connectivity index is 2.09. The van der Waals surface area contributed by atoms with E-state index in [2.05, 4.69) is 25.1 Å². The quantitative estimate of drug-likeness (QED) is 0.621. The Hall–Kier alpha value is -1.88. The molecule has 5 nitrogen and oxygen atoms in total. The van der Waals surface area contributed by atoms with E-state index in [1.54, 1.807) is 10.4 Å². The lowest BCUT2D eigenvalue weighted by molar-refractivity contribution is -0.147. The van der Waals surface area contributed by atoms with Crippen LogP contribution in [0, 0.1) is 18.3 Å². The van der Waals surface area contributed by atoms with Crippen molar-refractivity contribution >= 4 is 11.8 Å². The van der Waals surface area contributed by atoms with Gasteiger partial charge in [0.25, 0.3) is 5.91 Å².